The second-order valence-corrected chi connectivity index (χ2v) is 2.74. The monoisotopic (exact) mass is 215 g/mol. The summed E-state index contributed by atoms with van der Waals surface area (Å²) in [5, 5.41) is 18.7. The minimum absolute atomic E-state index is 0.289. The predicted molar refractivity (Wildman–Crippen MR) is 53.5 cm³/mol. The lowest BCUT2D eigenvalue weighted by molar-refractivity contribution is -0.142. The molecule has 0 spiro atoms. The highest BCUT2D eigenvalue weighted by atomic mass is 16.5. The van der Waals surface area contributed by atoms with Crippen LogP contribution < -0.4 is 5.73 Å². The van der Waals surface area contributed by atoms with Crippen molar-refractivity contribution in [2.24, 2.45) is 5.73 Å². The van der Waals surface area contributed by atoms with Crippen molar-refractivity contribution < 1.29 is 25.2 Å². The third-order valence-electron chi connectivity index (χ3n) is 1.64. The van der Waals surface area contributed by atoms with E-state index in [0.717, 1.165) is 7.11 Å². The van der Waals surface area contributed by atoms with Crippen LogP contribution in [0.3, 0.4) is 0 Å². The Morgan fingerprint density at radius 3 is 2.93 bits per heavy atom. The number of phenolic OH excluding ortho intramolecular Hbond substituents is 2. The molecule has 0 saturated carbocycles. The molecule has 82 valence electrons. The summed E-state index contributed by atoms with van der Waals surface area (Å²) in [7, 11) is 1.03. The number of phenols is 2. The van der Waals surface area contributed by atoms with Gasteiger partial charge in [0.05, 0.1) is 12.6 Å². The number of aromatic hydroxyl groups is 2. The van der Waals surface area contributed by atoms with Crippen molar-refractivity contribution in [3.05, 3.63) is 23.7 Å². The molecule has 1 rings (SSSR count). The van der Waals surface area contributed by atoms with Crippen LogP contribution in [0.25, 0.3) is 0 Å². The number of carbonyl (C=O) groups is 1. The Kier molecular flexibility index (Phi) is 2.07. The fourth-order valence-electron chi connectivity index (χ4n) is 0.909. The Labute approximate surface area is 92.7 Å². The second-order valence-electron chi connectivity index (χ2n) is 2.74. The normalized spacial score (nSPS) is 18.0. The van der Waals surface area contributed by atoms with E-state index in [1.165, 1.54) is 0 Å². The molecule has 1 aromatic carbocycles. The molecule has 0 unspecified atom stereocenters. The highest BCUT2D eigenvalue weighted by molar-refractivity contribution is 5.75. The van der Waals surface area contributed by atoms with Gasteiger partial charge in [-0.3, -0.25) is 4.79 Å². The first-order chi connectivity index (χ1) is 8.63. The number of rotatable bonds is 3. The van der Waals surface area contributed by atoms with Gasteiger partial charge in [0, 0.05) is 0 Å². The number of nitrogens with two attached hydrogens (primary N) is 1. The van der Waals surface area contributed by atoms with Gasteiger partial charge in [0.2, 0.25) is 0 Å². The van der Waals surface area contributed by atoms with Crippen LogP contribution in [0.15, 0.2) is 18.1 Å². The summed E-state index contributed by atoms with van der Waals surface area (Å²) in [6.45, 7) is 0. The van der Waals surface area contributed by atoms with Gasteiger partial charge >= 0.3 is 5.97 Å². The van der Waals surface area contributed by atoms with E-state index < -0.39 is 48.0 Å². The first-order valence-electron chi connectivity index (χ1n) is 6.01. The molecule has 0 saturated heterocycles. The molecule has 0 aliphatic carbocycles. The number of hydrogen-bond donors (Lipinski definition) is 3. The first-order valence-corrected chi connectivity index (χ1v) is 4.01. The fraction of sp³-hybridized carbons (Fsp3) is 0.300. The molecule has 0 heterocycles. The molecule has 1 aromatic rings. The largest absolute Gasteiger partial charge is 0.504 e. The standard InChI is InChI=1S/C10H13NO4/c1-15-10(14)7(11)4-6-2-3-8(12)9(13)5-6/h2-3,5,7,12-13H,4,11H2,1H3/t7-/m0/s1/i2D,3D,5D,7D. The maximum absolute atomic E-state index is 11.3. The van der Waals surface area contributed by atoms with Crippen molar-refractivity contribution in [2.45, 2.75) is 12.4 Å². The quantitative estimate of drug-likeness (QED) is 0.492. The van der Waals surface area contributed by atoms with Gasteiger partial charge in [-0.15, -0.1) is 0 Å². The molecule has 0 aliphatic rings. The summed E-state index contributed by atoms with van der Waals surface area (Å²) in [6.07, 6.45) is -0.600. The van der Waals surface area contributed by atoms with Crippen molar-refractivity contribution in [1.29, 1.82) is 0 Å². The van der Waals surface area contributed by atoms with Gasteiger partial charge in [0.1, 0.15) is 6.02 Å². The lowest BCUT2D eigenvalue weighted by Crippen LogP contribution is -2.33. The van der Waals surface area contributed by atoms with E-state index >= 15 is 0 Å². The van der Waals surface area contributed by atoms with E-state index in [4.69, 9.17) is 11.2 Å². The zero-order valence-corrected chi connectivity index (χ0v) is 8.00. The third-order valence-corrected chi connectivity index (χ3v) is 1.64. The SMILES string of the molecule is [2H]c1c([2H])c(C[C@]([2H])(N)C(=O)OC)c([2H])c(O)c1O. The molecule has 5 heteroatoms. The van der Waals surface area contributed by atoms with Gasteiger partial charge in [-0.2, -0.15) is 0 Å². The molecule has 5 nitrogen and oxygen atoms in total. The first kappa shape index (κ1) is 6.68. The summed E-state index contributed by atoms with van der Waals surface area (Å²) in [5.41, 5.74) is 5.11. The fourth-order valence-corrected chi connectivity index (χ4v) is 0.909. The van der Waals surface area contributed by atoms with Crippen LogP contribution in [-0.4, -0.2) is 29.3 Å². The number of ether oxygens (including phenoxy) is 1. The van der Waals surface area contributed by atoms with E-state index in [2.05, 4.69) is 4.74 Å². The van der Waals surface area contributed by atoms with Crippen molar-refractivity contribution in [3.63, 3.8) is 0 Å². The highest BCUT2D eigenvalue weighted by Gasteiger charge is 2.14. The average Bonchev–Trinajstić information content (AvgIpc) is 2.38. The molecule has 0 aromatic heterocycles. The molecule has 0 amide bonds. The van der Waals surface area contributed by atoms with Gasteiger partial charge in [0.25, 0.3) is 0 Å². The van der Waals surface area contributed by atoms with Crippen LogP contribution in [0.2, 0.25) is 0 Å². The summed E-state index contributed by atoms with van der Waals surface area (Å²) in [5.74, 6) is -2.87. The van der Waals surface area contributed by atoms with Crippen LogP contribution in [0.5, 0.6) is 11.5 Å². The molecule has 1 atom stereocenters. The molecule has 0 bridgehead atoms. The van der Waals surface area contributed by atoms with Crippen LogP contribution in [0.1, 0.15) is 11.0 Å². The smallest absolute Gasteiger partial charge is 0.322 e. The molecule has 15 heavy (non-hydrogen) atoms. The van der Waals surface area contributed by atoms with Gasteiger partial charge in [0.15, 0.2) is 11.5 Å². The Hall–Kier alpha value is -1.75. The van der Waals surface area contributed by atoms with Crippen molar-refractivity contribution >= 4 is 5.97 Å². The van der Waals surface area contributed by atoms with E-state index in [9.17, 15) is 15.0 Å². The maximum Gasteiger partial charge on any atom is 0.322 e. The van der Waals surface area contributed by atoms with E-state index in [0.29, 0.717) is 0 Å². The lowest BCUT2D eigenvalue weighted by atomic mass is 10.1. The van der Waals surface area contributed by atoms with Gasteiger partial charge in [-0.05, 0) is 24.1 Å². The molecular formula is C10H13NO4. The number of esters is 1. The van der Waals surface area contributed by atoms with Gasteiger partial charge in [-0.25, -0.2) is 0 Å². The molecule has 0 aliphatic heterocycles. The third kappa shape index (κ3) is 2.85. The molecular weight excluding hydrogens is 198 g/mol. The lowest BCUT2D eigenvalue weighted by Gasteiger charge is -2.09. The highest BCUT2D eigenvalue weighted by Crippen LogP contribution is 2.25. The number of methoxy groups -OCH3 is 1. The number of carbonyl (C=O) groups excluding carboxylic acids is 1. The summed E-state index contributed by atoms with van der Waals surface area (Å²) >= 11 is 0. The van der Waals surface area contributed by atoms with Gasteiger partial charge < -0.3 is 20.7 Å². The Morgan fingerprint density at radius 1 is 1.67 bits per heavy atom. The summed E-state index contributed by atoms with van der Waals surface area (Å²) in [6, 6.07) is -4.18. The number of hydrogen-bond acceptors (Lipinski definition) is 5. The Morgan fingerprint density at radius 2 is 2.33 bits per heavy atom. The zero-order chi connectivity index (χ0) is 15.0. The summed E-state index contributed by atoms with van der Waals surface area (Å²) in [4.78, 5) is 11.3. The van der Waals surface area contributed by atoms with Crippen molar-refractivity contribution in [2.75, 3.05) is 7.11 Å². The van der Waals surface area contributed by atoms with Crippen molar-refractivity contribution in [1.82, 2.24) is 0 Å². The van der Waals surface area contributed by atoms with Crippen molar-refractivity contribution in [3.8, 4) is 11.5 Å². The number of benzene rings is 1. The van der Waals surface area contributed by atoms with Crippen LogP contribution >= 0.6 is 0 Å². The minimum Gasteiger partial charge on any atom is -0.504 e. The second kappa shape index (κ2) is 4.65. The van der Waals surface area contributed by atoms with Gasteiger partial charge in [-0.1, -0.05) is 6.04 Å². The molecule has 0 radical (unpaired) electrons. The molecule has 0 fully saturated rings. The minimum atomic E-state index is -2.25. The predicted octanol–water partition coefficient (Wildman–Crippen LogP) is 0.141. The Balaban J connectivity index is 3.34. The maximum atomic E-state index is 11.3. The van der Waals surface area contributed by atoms with Crippen LogP contribution in [0.4, 0.5) is 0 Å². The zero-order valence-electron chi connectivity index (χ0n) is 12.0. The topological polar surface area (TPSA) is 92.8 Å². The van der Waals surface area contributed by atoms with E-state index in [1.54, 1.807) is 0 Å². The van der Waals surface area contributed by atoms with E-state index in [1.807, 2.05) is 0 Å². The molecule has 4 N–H and O–H groups in total. The Bertz CT molecular complexity index is 504. The summed E-state index contributed by atoms with van der Waals surface area (Å²) < 4.78 is 34.4. The van der Waals surface area contributed by atoms with Crippen LogP contribution in [-0.2, 0) is 16.0 Å². The average molecular weight is 215 g/mol. The van der Waals surface area contributed by atoms with E-state index in [-0.39, 0.29) is 5.56 Å². The van der Waals surface area contributed by atoms with Crippen LogP contribution in [0, 0.1) is 0 Å².